The Bertz CT molecular complexity index is 70.9. The van der Waals surface area contributed by atoms with E-state index in [9.17, 15) is 0 Å². The van der Waals surface area contributed by atoms with Gasteiger partial charge < -0.3 is 0 Å². The third-order valence-electron chi connectivity index (χ3n) is 0.570. The lowest BCUT2D eigenvalue weighted by molar-refractivity contribution is 1.42. The molecule has 0 aliphatic heterocycles. The van der Waals surface area contributed by atoms with Crippen molar-refractivity contribution in [3.63, 3.8) is 0 Å². The highest BCUT2D eigenvalue weighted by atomic mass is 35.5. The second kappa shape index (κ2) is 5.52. The molecule has 0 nitrogen and oxygen atoms in total. The van der Waals surface area contributed by atoms with Gasteiger partial charge >= 0.3 is 0 Å². The first-order valence-corrected chi connectivity index (χ1v) is 4.24. The summed E-state index contributed by atoms with van der Waals surface area (Å²) >= 11 is 7.26. The normalized spacial score (nSPS) is 9.25. The van der Waals surface area contributed by atoms with Crippen LogP contribution in [0.5, 0.6) is 0 Å². The Hall–Kier alpha value is 0.380. The Kier molecular flexibility index (Phi) is 5.78. The van der Waals surface area contributed by atoms with Crippen molar-refractivity contribution in [3.05, 3.63) is 12.2 Å². The number of rotatable bonds is 4. The van der Waals surface area contributed by atoms with Crippen LogP contribution in [0.2, 0.25) is 0 Å². The van der Waals surface area contributed by atoms with Gasteiger partial charge in [-0.1, -0.05) is 12.2 Å². The van der Waals surface area contributed by atoms with Crippen LogP contribution in [-0.4, -0.2) is 17.4 Å². The quantitative estimate of drug-likeness (QED) is 0.337. The minimum atomic E-state index is 0.748. The van der Waals surface area contributed by atoms with Gasteiger partial charge in [0.2, 0.25) is 0 Å². The molecule has 0 aromatic carbocycles. The minimum absolute atomic E-state index is 0.748. The van der Waals surface area contributed by atoms with Gasteiger partial charge in [-0.15, -0.1) is 11.6 Å². The van der Waals surface area contributed by atoms with E-state index in [-0.39, 0.29) is 0 Å². The van der Waals surface area contributed by atoms with Gasteiger partial charge in [0.05, 0.1) is 0 Å². The van der Waals surface area contributed by atoms with E-state index < -0.39 is 0 Å². The standard InChI is InChI=1S/C6H11ClS/c1-6(2)5-8-4-3-7/h1,3-5H2,2H3. The second-order valence-electron chi connectivity index (χ2n) is 1.70. The van der Waals surface area contributed by atoms with Gasteiger partial charge in [-0.3, -0.25) is 0 Å². The summed E-state index contributed by atoms with van der Waals surface area (Å²) in [5, 5.41) is 0. The van der Waals surface area contributed by atoms with E-state index in [1.54, 1.807) is 0 Å². The maximum atomic E-state index is 5.43. The fraction of sp³-hybridized carbons (Fsp3) is 0.667. The zero-order valence-electron chi connectivity index (χ0n) is 5.11. The lowest BCUT2D eigenvalue weighted by Crippen LogP contribution is -1.83. The van der Waals surface area contributed by atoms with Crippen LogP contribution in [0, 0.1) is 0 Å². The fourth-order valence-corrected chi connectivity index (χ4v) is 1.23. The van der Waals surface area contributed by atoms with Gasteiger partial charge in [-0.2, -0.15) is 11.8 Å². The van der Waals surface area contributed by atoms with Gasteiger partial charge in [0.1, 0.15) is 0 Å². The average Bonchev–Trinajstić information content (AvgIpc) is 1.66. The van der Waals surface area contributed by atoms with Crippen LogP contribution in [0.4, 0.5) is 0 Å². The fourth-order valence-electron chi connectivity index (χ4n) is 0.301. The van der Waals surface area contributed by atoms with Crippen LogP contribution in [0.25, 0.3) is 0 Å². The molecule has 0 spiro atoms. The van der Waals surface area contributed by atoms with Crippen LogP contribution in [0.15, 0.2) is 12.2 Å². The number of alkyl halides is 1. The molecule has 0 heterocycles. The van der Waals surface area contributed by atoms with Crippen molar-refractivity contribution in [1.82, 2.24) is 0 Å². The molecule has 0 aliphatic carbocycles. The molecule has 0 atom stereocenters. The zero-order chi connectivity index (χ0) is 6.41. The highest BCUT2D eigenvalue weighted by Crippen LogP contribution is 2.04. The molecule has 0 radical (unpaired) electrons. The molecule has 0 bridgehead atoms. The van der Waals surface area contributed by atoms with Crippen molar-refractivity contribution in [2.24, 2.45) is 0 Å². The summed E-state index contributed by atoms with van der Waals surface area (Å²) < 4.78 is 0. The Morgan fingerprint density at radius 1 is 1.75 bits per heavy atom. The molecular formula is C6H11ClS. The van der Waals surface area contributed by atoms with Crippen molar-refractivity contribution in [3.8, 4) is 0 Å². The van der Waals surface area contributed by atoms with Gasteiger partial charge in [0.15, 0.2) is 0 Å². The molecule has 2 heteroatoms. The molecule has 0 unspecified atom stereocenters. The van der Waals surface area contributed by atoms with Crippen LogP contribution in [-0.2, 0) is 0 Å². The first-order valence-electron chi connectivity index (χ1n) is 2.55. The molecule has 0 aromatic heterocycles. The third-order valence-corrected chi connectivity index (χ3v) is 2.17. The van der Waals surface area contributed by atoms with E-state index in [0.717, 1.165) is 17.4 Å². The molecule has 0 N–H and O–H groups in total. The molecule has 0 rings (SSSR count). The highest BCUT2D eigenvalue weighted by Gasteiger charge is 1.85. The van der Waals surface area contributed by atoms with Crippen LogP contribution >= 0.6 is 23.4 Å². The second-order valence-corrected chi connectivity index (χ2v) is 3.18. The molecule has 0 fully saturated rings. The summed E-state index contributed by atoms with van der Waals surface area (Å²) in [5.74, 6) is 2.83. The molecular weight excluding hydrogens is 140 g/mol. The summed E-state index contributed by atoms with van der Waals surface area (Å²) in [4.78, 5) is 0. The lowest BCUT2D eigenvalue weighted by atomic mass is 10.4. The van der Waals surface area contributed by atoms with Crippen molar-refractivity contribution >= 4 is 23.4 Å². The van der Waals surface area contributed by atoms with Crippen LogP contribution in [0.1, 0.15) is 6.92 Å². The number of halogens is 1. The molecule has 0 amide bonds. The first kappa shape index (κ1) is 8.38. The SMILES string of the molecule is C=C(C)CSCCCl. The number of hydrogen-bond acceptors (Lipinski definition) is 1. The predicted octanol–water partition coefficient (Wildman–Crippen LogP) is 2.53. The van der Waals surface area contributed by atoms with Crippen LogP contribution < -0.4 is 0 Å². The smallest absolute Gasteiger partial charge is 0.0314 e. The molecule has 8 heavy (non-hydrogen) atoms. The Labute approximate surface area is 60.3 Å². The Balaban J connectivity index is 2.82. The van der Waals surface area contributed by atoms with E-state index in [1.165, 1.54) is 5.57 Å². The minimum Gasteiger partial charge on any atom is -0.156 e. The Morgan fingerprint density at radius 2 is 2.38 bits per heavy atom. The summed E-state index contributed by atoms with van der Waals surface area (Å²) in [6, 6.07) is 0. The number of thioether (sulfide) groups is 1. The van der Waals surface area contributed by atoms with E-state index in [4.69, 9.17) is 11.6 Å². The van der Waals surface area contributed by atoms with Crippen molar-refractivity contribution in [2.75, 3.05) is 17.4 Å². The lowest BCUT2D eigenvalue weighted by Gasteiger charge is -1.94. The zero-order valence-corrected chi connectivity index (χ0v) is 6.69. The predicted molar refractivity (Wildman–Crippen MR) is 42.9 cm³/mol. The van der Waals surface area contributed by atoms with Crippen LogP contribution in [0.3, 0.4) is 0 Å². The van der Waals surface area contributed by atoms with Crippen molar-refractivity contribution < 1.29 is 0 Å². The molecule has 48 valence electrons. The molecule has 0 saturated carbocycles. The van der Waals surface area contributed by atoms with Gasteiger partial charge in [0.25, 0.3) is 0 Å². The monoisotopic (exact) mass is 150 g/mol. The molecule has 0 saturated heterocycles. The van der Waals surface area contributed by atoms with Crippen molar-refractivity contribution in [2.45, 2.75) is 6.92 Å². The van der Waals surface area contributed by atoms with E-state index in [2.05, 4.69) is 6.58 Å². The van der Waals surface area contributed by atoms with E-state index in [1.807, 2.05) is 18.7 Å². The summed E-state index contributed by atoms with van der Waals surface area (Å²) in [6.45, 7) is 5.79. The highest BCUT2D eigenvalue weighted by molar-refractivity contribution is 7.99. The van der Waals surface area contributed by atoms with Crippen molar-refractivity contribution in [1.29, 1.82) is 0 Å². The number of hydrogen-bond donors (Lipinski definition) is 0. The van der Waals surface area contributed by atoms with E-state index >= 15 is 0 Å². The maximum Gasteiger partial charge on any atom is 0.0314 e. The summed E-state index contributed by atoms with van der Waals surface area (Å²) in [6.07, 6.45) is 0. The molecule has 0 aliphatic rings. The van der Waals surface area contributed by atoms with Gasteiger partial charge in [-0.05, 0) is 6.92 Å². The van der Waals surface area contributed by atoms with Gasteiger partial charge in [-0.25, -0.2) is 0 Å². The van der Waals surface area contributed by atoms with E-state index in [0.29, 0.717) is 0 Å². The maximum absolute atomic E-state index is 5.43. The molecule has 0 aromatic rings. The van der Waals surface area contributed by atoms with Gasteiger partial charge in [0, 0.05) is 17.4 Å². The third kappa shape index (κ3) is 6.38. The average molecular weight is 151 g/mol. The summed E-state index contributed by atoms with van der Waals surface area (Å²) in [5.41, 5.74) is 1.22. The topological polar surface area (TPSA) is 0 Å². The summed E-state index contributed by atoms with van der Waals surface area (Å²) in [7, 11) is 0. The largest absolute Gasteiger partial charge is 0.156 e. The Morgan fingerprint density at radius 3 is 2.75 bits per heavy atom. The first-order chi connectivity index (χ1) is 3.77.